The Morgan fingerprint density at radius 1 is 1.12 bits per heavy atom. The van der Waals surface area contributed by atoms with Crippen LogP contribution in [0.5, 0.6) is 0 Å². The zero-order valence-electron chi connectivity index (χ0n) is 11.5. The molecule has 0 aliphatic heterocycles. The van der Waals surface area contributed by atoms with Gasteiger partial charge in [-0.1, -0.05) is 13.8 Å². The summed E-state index contributed by atoms with van der Waals surface area (Å²) >= 11 is 0. The topological polar surface area (TPSA) is 55.0 Å². The van der Waals surface area contributed by atoms with Crippen LogP contribution in [0.25, 0.3) is 0 Å². The second-order valence-corrected chi connectivity index (χ2v) is 4.30. The third kappa shape index (κ3) is 3.32. The molecule has 0 amide bonds. The highest BCUT2D eigenvalue weighted by molar-refractivity contribution is 5.56. The van der Waals surface area contributed by atoms with E-state index >= 15 is 0 Å². The van der Waals surface area contributed by atoms with Crippen LogP contribution in [-0.2, 0) is 6.42 Å². The Morgan fingerprint density at radius 3 is 2.35 bits per heavy atom. The van der Waals surface area contributed by atoms with Gasteiger partial charge in [-0.2, -0.15) is 0 Å². The van der Waals surface area contributed by atoms with Gasteiger partial charge in [0.2, 0.25) is 0 Å². The van der Waals surface area contributed by atoms with Crippen LogP contribution in [-0.4, -0.2) is 23.1 Å². The molecule has 1 rings (SSSR count). The van der Waals surface area contributed by atoms with Crippen molar-refractivity contribution in [3.63, 3.8) is 0 Å². The molecular formula is C13H24N4. The molecule has 4 nitrogen and oxygen atoms in total. The normalized spacial score (nSPS) is 10.6. The summed E-state index contributed by atoms with van der Waals surface area (Å²) in [7, 11) is 0. The van der Waals surface area contributed by atoms with Gasteiger partial charge in [0.05, 0.1) is 0 Å². The SMILES string of the molecule is CCCc1nc(N)c(C)c(N(CC)CCC)n1. The standard InChI is InChI=1S/C13H24N4/c1-5-8-11-15-12(14)10(4)13(16-11)17(7-3)9-6-2/h5-9H2,1-4H3,(H2,14,15,16). The Kier molecular flexibility index (Phi) is 5.19. The molecule has 0 bridgehead atoms. The molecule has 0 aliphatic carbocycles. The molecule has 1 heterocycles. The van der Waals surface area contributed by atoms with Gasteiger partial charge in [0.1, 0.15) is 17.5 Å². The maximum Gasteiger partial charge on any atom is 0.137 e. The summed E-state index contributed by atoms with van der Waals surface area (Å²) in [5, 5.41) is 0. The molecule has 96 valence electrons. The molecule has 17 heavy (non-hydrogen) atoms. The van der Waals surface area contributed by atoms with Crippen LogP contribution in [0.2, 0.25) is 0 Å². The fourth-order valence-corrected chi connectivity index (χ4v) is 1.90. The lowest BCUT2D eigenvalue weighted by molar-refractivity contribution is 0.756. The van der Waals surface area contributed by atoms with E-state index in [9.17, 15) is 0 Å². The van der Waals surface area contributed by atoms with Crippen LogP contribution in [0.1, 0.15) is 45.0 Å². The Labute approximate surface area is 104 Å². The van der Waals surface area contributed by atoms with Gasteiger partial charge < -0.3 is 10.6 Å². The molecule has 0 atom stereocenters. The van der Waals surface area contributed by atoms with Gasteiger partial charge in [0.25, 0.3) is 0 Å². The number of nitrogens with two attached hydrogens (primary N) is 1. The van der Waals surface area contributed by atoms with Crippen LogP contribution < -0.4 is 10.6 Å². The summed E-state index contributed by atoms with van der Waals surface area (Å²) in [6.45, 7) is 10.4. The fraction of sp³-hybridized carbons (Fsp3) is 0.692. The lowest BCUT2D eigenvalue weighted by Crippen LogP contribution is -2.26. The van der Waals surface area contributed by atoms with Crippen molar-refractivity contribution in [2.45, 2.75) is 47.0 Å². The fourth-order valence-electron chi connectivity index (χ4n) is 1.90. The van der Waals surface area contributed by atoms with E-state index in [0.717, 1.165) is 49.6 Å². The molecule has 2 N–H and O–H groups in total. The molecule has 0 radical (unpaired) electrons. The summed E-state index contributed by atoms with van der Waals surface area (Å²) in [6, 6.07) is 0. The average Bonchev–Trinajstić information content (AvgIpc) is 2.31. The van der Waals surface area contributed by atoms with E-state index in [4.69, 9.17) is 5.73 Å². The number of nitrogens with zero attached hydrogens (tertiary/aromatic N) is 3. The highest BCUT2D eigenvalue weighted by Gasteiger charge is 2.13. The Hall–Kier alpha value is -1.32. The largest absolute Gasteiger partial charge is 0.383 e. The zero-order chi connectivity index (χ0) is 12.8. The summed E-state index contributed by atoms with van der Waals surface area (Å²) < 4.78 is 0. The first kappa shape index (κ1) is 13.7. The maximum absolute atomic E-state index is 5.96. The van der Waals surface area contributed by atoms with E-state index in [0.29, 0.717) is 5.82 Å². The van der Waals surface area contributed by atoms with Crippen LogP contribution in [0.3, 0.4) is 0 Å². The molecule has 1 aromatic heterocycles. The Bertz CT molecular complexity index is 363. The summed E-state index contributed by atoms with van der Waals surface area (Å²) in [5.74, 6) is 2.48. The minimum atomic E-state index is 0.619. The van der Waals surface area contributed by atoms with Gasteiger partial charge in [0, 0.05) is 25.1 Å². The van der Waals surface area contributed by atoms with Gasteiger partial charge in [-0.3, -0.25) is 0 Å². The number of aromatic nitrogens is 2. The van der Waals surface area contributed by atoms with Crippen molar-refractivity contribution in [2.75, 3.05) is 23.7 Å². The van der Waals surface area contributed by atoms with Crippen LogP contribution in [0.4, 0.5) is 11.6 Å². The smallest absolute Gasteiger partial charge is 0.137 e. The number of rotatable bonds is 6. The Morgan fingerprint density at radius 2 is 1.82 bits per heavy atom. The quantitative estimate of drug-likeness (QED) is 0.824. The first-order chi connectivity index (χ1) is 8.13. The molecule has 0 fully saturated rings. The minimum Gasteiger partial charge on any atom is -0.383 e. The predicted molar refractivity (Wildman–Crippen MR) is 73.4 cm³/mol. The van der Waals surface area contributed by atoms with Crippen molar-refractivity contribution in [2.24, 2.45) is 0 Å². The first-order valence-electron chi connectivity index (χ1n) is 6.51. The van der Waals surface area contributed by atoms with Gasteiger partial charge >= 0.3 is 0 Å². The molecule has 0 aromatic carbocycles. The average molecular weight is 236 g/mol. The summed E-state index contributed by atoms with van der Waals surface area (Å²) in [6.07, 6.45) is 3.04. The second kappa shape index (κ2) is 6.42. The van der Waals surface area contributed by atoms with Gasteiger partial charge in [-0.15, -0.1) is 0 Å². The van der Waals surface area contributed by atoms with Gasteiger partial charge in [-0.05, 0) is 26.7 Å². The predicted octanol–water partition coefficient (Wildman–Crippen LogP) is 2.56. The molecule has 0 unspecified atom stereocenters. The van der Waals surface area contributed by atoms with Crippen molar-refractivity contribution in [1.82, 2.24) is 9.97 Å². The highest BCUT2D eigenvalue weighted by Crippen LogP contribution is 2.22. The highest BCUT2D eigenvalue weighted by atomic mass is 15.2. The molecule has 1 aromatic rings. The lowest BCUT2D eigenvalue weighted by Gasteiger charge is -2.24. The number of hydrogen-bond acceptors (Lipinski definition) is 4. The van der Waals surface area contributed by atoms with Crippen molar-refractivity contribution >= 4 is 11.6 Å². The van der Waals surface area contributed by atoms with Crippen LogP contribution in [0, 0.1) is 6.92 Å². The molecule has 0 saturated heterocycles. The van der Waals surface area contributed by atoms with Gasteiger partial charge in [0.15, 0.2) is 0 Å². The van der Waals surface area contributed by atoms with Crippen LogP contribution in [0.15, 0.2) is 0 Å². The molecule has 0 aliphatic rings. The summed E-state index contributed by atoms with van der Waals surface area (Å²) in [5.41, 5.74) is 6.96. The number of hydrogen-bond donors (Lipinski definition) is 1. The van der Waals surface area contributed by atoms with Crippen molar-refractivity contribution < 1.29 is 0 Å². The van der Waals surface area contributed by atoms with E-state index in [1.807, 2.05) is 6.92 Å². The third-order valence-corrected chi connectivity index (χ3v) is 2.85. The van der Waals surface area contributed by atoms with Crippen molar-refractivity contribution in [1.29, 1.82) is 0 Å². The van der Waals surface area contributed by atoms with Crippen LogP contribution >= 0.6 is 0 Å². The van der Waals surface area contributed by atoms with Crippen molar-refractivity contribution in [3.8, 4) is 0 Å². The molecular weight excluding hydrogens is 212 g/mol. The van der Waals surface area contributed by atoms with E-state index in [-0.39, 0.29) is 0 Å². The maximum atomic E-state index is 5.96. The van der Waals surface area contributed by atoms with E-state index < -0.39 is 0 Å². The van der Waals surface area contributed by atoms with E-state index in [1.54, 1.807) is 0 Å². The molecule has 4 heteroatoms. The number of anilines is 2. The number of aryl methyl sites for hydroxylation is 1. The zero-order valence-corrected chi connectivity index (χ0v) is 11.5. The number of nitrogen functional groups attached to an aromatic ring is 1. The molecule has 0 spiro atoms. The third-order valence-electron chi connectivity index (χ3n) is 2.85. The first-order valence-corrected chi connectivity index (χ1v) is 6.51. The van der Waals surface area contributed by atoms with E-state index in [2.05, 4.69) is 35.6 Å². The van der Waals surface area contributed by atoms with Crippen molar-refractivity contribution in [3.05, 3.63) is 11.4 Å². The Balaban J connectivity index is 3.10. The molecule has 0 saturated carbocycles. The second-order valence-electron chi connectivity index (χ2n) is 4.30. The van der Waals surface area contributed by atoms with Gasteiger partial charge in [-0.25, -0.2) is 9.97 Å². The minimum absolute atomic E-state index is 0.619. The monoisotopic (exact) mass is 236 g/mol. The lowest BCUT2D eigenvalue weighted by atomic mass is 10.2. The summed E-state index contributed by atoms with van der Waals surface area (Å²) in [4.78, 5) is 11.3. The van der Waals surface area contributed by atoms with E-state index in [1.165, 1.54) is 0 Å².